The van der Waals surface area contributed by atoms with Gasteiger partial charge in [0.1, 0.15) is 5.01 Å². The fourth-order valence-corrected chi connectivity index (χ4v) is 10.8. The van der Waals surface area contributed by atoms with Crippen molar-refractivity contribution >= 4 is 63.8 Å². The second kappa shape index (κ2) is 15.1. The third-order valence-corrected chi connectivity index (χ3v) is 13.7. The van der Waals surface area contributed by atoms with Gasteiger partial charge in [-0.2, -0.15) is 0 Å². The number of fused-ring (bicyclic) bond motifs is 5. The maximum absolute atomic E-state index is 5.34. The van der Waals surface area contributed by atoms with Crippen LogP contribution in [0.3, 0.4) is 0 Å². The van der Waals surface area contributed by atoms with Gasteiger partial charge in [0.05, 0.1) is 10.2 Å². The van der Waals surface area contributed by atoms with E-state index in [1.165, 1.54) is 30.3 Å². The average Bonchev–Trinajstić information content (AvgIpc) is 3.95. The molecule has 0 saturated carbocycles. The Balaban J connectivity index is 1.06. The molecule has 6 heteroatoms. The summed E-state index contributed by atoms with van der Waals surface area (Å²) in [6.45, 7) is 0. The van der Waals surface area contributed by atoms with E-state index in [0.29, 0.717) is 17.5 Å². The Bertz CT molecular complexity index is 3490. The lowest BCUT2D eigenvalue weighted by Gasteiger charge is -2.13. The Morgan fingerprint density at radius 2 is 0.742 bits per heavy atom. The lowest BCUT2D eigenvalue weighted by Crippen LogP contribution is -2.01. The van der Waals surface area contributed by atoms with Crippen LogP contribution in [0.1, 0.15) is 0 Å². The van der Waals surface area contributed by atoms with Crippen LogP contribution >= 0.6 is 22.7 Å². The second-order valence-corrected chi connectivity index (χ2v) is 17.5. The van der Waals surface area contributed by atoms with E-state index in [-0.39, 0.29) is 0 Å². The van der Waals surface area contributed by atoms with Crippen molar-refractivity contribution in [1.82, 2.24) is 19.9 Å². The Labute approximate surface area is 366 Å². The molecule has 0 unspecified atom stereocenters. The first kappa shape index (κ1) is 36.2. The minimum Gasteiger partial charge on any atom is -0.236 e. The molecule has 0 N–H and O–H groups in total. The SMILES string of the molecule is c1ccc(-c2cccc(-c3nc(-c4cccc(-c5ccccc5)c4)nc(-c4cccc5sc6cccc(-c7ccccc7-c7nc8cc9ccccc9cc8s7)c6c45)n3)c2)cc1. The molecule has 62 heavy (non-hydrogen) atoms. The predicted octanol–water partition coefficient (Wildman–Crippen LogP) is 15.7. The van der Waals surface area contributed by atoms with E-state index in [0.717, 1.165) is 71.5 Å². The third kappa shape index (κ3) is 6.45. The quantitative estimate of drug-likeness (QED) is 0.161. The van der Waals surface area contributed by atoms with Gasteiger partial charge in [-0.25, -0.2) is 19.9 Å². The molecule has 0 atom stereocenters. The van der Waals surface area contributed by atoms with E-state index in [9.17, 15) is 0 Å². The second-order valence-electron chi connectivity index (χ2n) is 15.4. The number of aromatic nitrogens is 4. The van der Waals surface area contributed by atoms with Crippen LogP contribution in [0.25, 0.3) is 119 Å². The molecule has 0 aliphatic heterocycles. The Kier molecular flexibility index (Phi) is 8.84. The maximum Gasteiger partial charge on any atom is 0.164 e. The molecule has 0 amide bonds. The summed E-state index contributed by atoms with van der Waals surface area (Å²) in [5.41, 5.74) is 11.7. The van der Waals surface area contributed by atoms with Crippen molar-refractivity contribution < 1.29 is 0 Å². The summed E-state index contributed by atoms with van der Waals surface area (Å²) in [5, 5.41) is 5.74. The molecule has 3 aromatic heterocycles. The molecule has 0 radical (unpaired) electrons. The van der Waals surface area contributed by atoms with Crippen molar-refractivity contribution in [3.05, 3.63) is 206 Å². The van der Waals surface area contributed by atoms with Crippen LogP contribution in [0.15, 0.2) is 206 Å². The Hall–Kier alpha value is -7.64. The van der Waals surface area contributed by atoms with Gasteiger partial charge >= 0.3 is 0 Å². The smallest absolute Gasteiger partial charge is 0.164 e. The molecule has 12 aromatic rings. The van der Waals surface area contributed by atoms with Crippen LogP contribution in [0.4, 0.5) is 0 Å². The van der Waals surface area contributed by atoms with Gasteiger partial charge in [-0.15, -0.1) is 22.7 Å². The highest BCUT2D eigenvalue weighted by molar-refractivity contribution is 7.26. The monoisotopic (exact) mass is 826 g/mol. The lowest BCUT2D eigenvalue weighted by atomic mass is 9.94. The molecule has 0 fully saturated rings. The molecule has 3 heterocycles. The normalized spacial score (nSPS) is 11.5. The first-order valence-corrected chi connectivity index (χ1v) is 22.2. The molecule has 0 saturated heterocycles. The number of hydrogen-bond acceptors (Lipinski definition) is 6. The van der Waals surface area contributed by atoms with Gasteiger partial charge in [-0.1, -0.05) is 170 Å². The van der Waals surface area contributed by atoms with Crippen LogP contribution < -0.4 is 0 Å². The van der Waals surface area contributed by atoms with Crippen LogP contribution in [0.2, 0.25) is 0 Å². The number of thiophene rings is 1. The van der Waals surface area contributed by atoms with Crippen molar-refractivity contribution in [3.63, 3.8) is 0 Å². The van der Waals surface area contributed by atoms with Crippen molar-refractivity contribution in [3.8, 4) is 78.1 Å². The summed E-state index contributed by atoms with van der Waals surface area (Å²) in [5.74, 6) is 1.88. The third-order valence-electron chi connectivity index (χ3n) is 11.6. The highest BCUT2D eigenvalue weighted by atomic mass is 32.1. The summed E-state index contributed by atoms with van der Waals surface area (Å²) in [4.78, 5) is 21.1. The van der Waals surface area contributed by atoms with E-state index >= 15 is 0 Å². The number of nitrogens with zero attached hydrogens (tertiary/aromatic N) is 4. The van der Waals surface area contributed by atoms with E-state index in [1.54, 1.807) is 22.7 Å². The molecule has 0 bridgehead atoms. The van der Waals surface area contributed by atoms with E-state index in [4.69, 9.17) is 19.9 Å². The molecule has 12 rings (SSSR count). The molecular formula is C56H34N4S2. The van der Waals surface area contributed by atoms with Crippen molar-refractivity contribution in [2.75, 3.05) is 0 Å². The fraction of sp³-hybridized carbons (Fsp3) is 0. The summed E-state index contributed by atoms with van der Waals surface area (Å²) in [6.07, 6.45) is 0. The van der Waals surface area contributed by atoms with Gasteiger partial charge in [-0.3, -0.25) is 0 Å². The zero-order valence-corrected chi connectivity index (χ0v) is 34.9. The van der Waals surface area contributed by atoms with Gasteiger partial charge < -0.3 is 0 Å². The number of thiazole rings is 1. The van der Waals surface area contributed by atoms with Gasteiger partial charge in [0.25, 0.3) is 0 Å². The van der Waals surface area contributed by atoms with Gasteiger partial charge in [0, 0.05) is 42.4 Å². The molecule has 290 valence electrons. The van der Waals surface area contributed by atoms with Crippen LogP contribution in [-0.4, -0.2) is 19.9 Å². The van der Waals surface area contributed by atoms with Crippen LogP contribution in [0.5, 0.6) is 0 Å². The summed E-state index contributed by atoms with van der Waals surface area (Å²) >= 11 is 3.55. The first-order valence-electron chi connectivity index (χ1n) is 20.6. The number of hydrogen-bond donors (Lipinski definition) is 0. The average molecular weight is 827 g/mol. The highest BCUT2D eigenvalue weighted by Crippen LogP contribution is 2.47. The highest BCUT2D eigenvalue weighted by Gasteiger charge is 2.21. The van der Waals surface area contributed by atoms with Crippen molar-refractivity contribution in [2.24, 2.45) is 0 Å². The first-order chi connectivity index (χ1) is 30.7. The minimum atomic E-state index is 0.624. The number of benzene rings is 9. The lowest BCUT2D eigenvalue weighted by molar-refractivity contribution is 1.08. The van der Waals surface area contributed by atoms with E-state index < -0.39 is 0 Å². The molecule has 0 aliphatic rings. The topological polar surface area (TPSA) is 51.6 Å². The maximum atomic E-state index is 5.34. The minimum absolute atomic E-state index is 0.624. The van der Waals surface area contributed by atoms with Crippen LogP contribution in [0, 0.1) is 0 Å². The zero-order valence-electron chi connectivity index (χ0n) is 33.2. The molecule has 0 aliphatic carbocycles. The van der Waals surface area contributed by atoms with E-state index in [2.05, 4.69) is 194 Å². The summed E-state index contributed by atoms with van der Waals surface area (Å²) in [7, 11) is 0. The molecule has 0 spiro atoms. The summed E-state index contributed by atoms with van der Waals surface area (Å²) in [6, 6.07) is 72.7. The Morgan fingerprint density at radius 1 is 0.274 bits per heavy atom. The van der Waals surface area contributed by atoms with Gasteiger partial charge in [-0.05, 0) is 80.6 Å². The Morgan fingerprint density at radius 3 is 1.39 bits per heavy atom. The van der Waals surface area contributed by atoms with Crippen molar-refractivity contribution in [2.45, 2.75) is 0 Å². The number of rotatable bonds is 7. The van der Waals surface area contributed by atoms with Gasteiger partial charge in [0.15, 0.2) is 17.5 Å². The summed E-state index contributed by atoms with van der Waals surface area (Å²) < 4.78 is 3.56. The molecule has 9 aromatic carbocycles. The largest absolute Gasteiger partial charge is 0.236 e. The fourth-order valence-electron chi connectivity index (χ4n) is 8.60. The van der Waals surface area contributed by atoms with Crippen molar-refractivity contribution in [1.29, 1.82) is 0 Å². The molecular weight excluding hydrogens is 793 g/mol. The van der Waals surface area contributed by atoms with E-state index in [1.807, 2.05) is 12.1 Å². The standard InChI is InChI=1S/C56H34N4S2/c1-3-15-35(16-4-1)37-21-11-23-41(31-37)53-58-54(42-24-12-22-38(32-42)36-17-5-2-6-18-36)60-55(59-53)46-28-14-30-49-52(46)51-44(27-13-29-48(51)61-49)43-25-9-10-26-45(43)56-57-47-33-39-19-7-8-20-40(39)34-50(47)62-56/h1-34H. The predicted molar refractivity (Wildman–Crippen MR) is 261 cm³/mol. The zero-order chi connectivity index (χ0) is 41.0. The molecule has 4 nitrogen and oxygen atoms in total. The van der Waals surface area contributed by atoms with Gasteiger partial charge in [0.2, 0.25) is 0 Å². The van der Waals surface area contributed by atoms with Crippen LogP contribution in [-0.2, 0) is 0 Å².